The van der Waals surface area contributed by atoms with Gasteiger partial charge in [-0.3, -0.25) is 9.59 Å². The Morgan fingerprint density at radius 1 is 1.07 bits per heavy atom. The number of amides is 5. The van der Waals surface area contributed by atoms with Gasteiger partial charge in [0, 0.05) is 42.5 Å². The zero-order valence-corrected chi connectivity index (χ0v) is 24.9. The van der Waals surface area contributed by atoms with E-state index >= 15 is 0 Å². The number of thioether (sulfide) groups is 1. The molecular weight excluding hydrogens is 550 g/mol. The fourth-order valence-corrected chi connectivity index (χ4v) is 6.87. The van der Waals surface area contributed by atoms with Crippen molar-refractivity contribution in [2.75, 3.05) is 45.2 Å². The highest BCUT2D eigenvalue weighted by Gasteiger charge is 2.42. The number of nitrogens with one attached hydrogen (secondary N) is 5. The number of allylic oxidation sites excluding steroid dienone is 1. The Morgan fingerprint density at radius 2 is 1.90 bits per heavy atom. The maximum Gasteiger partial charge on any atom is 0.407 e. The predicted molar refractivity (Wildman–Crippen MR) is 156 cm³/mol. The zero-order valence-electron chi connectivity index (χ0n) is 24.1. The molecule has 0 aromatic carbocycles. The summed E-state index contributed by atoms with van der Waals surface area (Å²) in [6, 6.07) is 0.357. The summed E-state index contributed by atoms with van der Waals surface area (Å²) in [5.41, 5.74) is -0.570. The SMILES string of the molecule is CC1(C(=O)NCCCNC(=O)CCCCC2SCC3NC(=O)NC32)CC/C=C/C(OC(=O)NCCOCCO)CC1. The minimum absolute atomic E-state index is 0.0237. The Kier molecular flexibility index (Phi) is 14.0. The molecule has 2 heterocycles. The van der Waals surface area contributed by atoms with Gasteiger partial charge in [-0.2, -0.15) is 11.8 Å². The number of carbonyl (C=O) groups is 4. The number of alkyl carbamates (subject to hydrolysis) is 1. The van der Waals surface area contributed by atoms with Crippen LogP contribution in [0.15, 0.2) is 12.2 Å². The lowest BCUT2D eigenvalue weighted by Crippen LogP contribution is -2.41. The van der Waals surface area contributed by atoms with Crippen LogP contribution >= 0.6 is 11.8 Å². The third kappa shape index (κ3) is 11.4. The van der Waals surface area contributed by atoms with Crippen LogP contribution in [0, 0.1) is 5.41 Å². The number of hydrogen-bond acceptors (Lipinski definition) is 8. The molecule has 13 heteroatoms. The fraction of sp³-hybridized carbons (Fsp3) is 0.786. The molecule has 0 spiro atoms. The Labute approximate surface area is 246 Å². The van der Waals surface area contributed by atoms with Gasteiger partial charge in [-0.15, -0.1) is 0 Å². The molecule has 1 aliphatic carbocycles. The first-order valence-corrected chi connectivity index (χ1v) is 15.9. The van der Waals surface area contributed by atoms with Gasteiger partial charge in [-0.25, -0.2) is 9.59 Å². The van der Waals surface area contributed by atoms with E-state index < -0.39 is 17.6 Å². The minimum Gasteiger partial charge on any atom is -0.442 e. The molecule has 3 aliphatic rings. The highest BCUT2D eigenvalue weighted by Crippen LogP contribution is 2.34. The molecule has 41 heavy (non-hydrogen) atoms. The van der Waals surface area contributed by atoms with Crippen LogP contribution in [0.1, 0.15) is 64.7 Å². The van der Waals surface area contributed by atoms with Crippen molar-refractivity contribution in [3.63, 3.8) is 0 Å². The molecule has 0 bridgehead atoms. The number of fused-ring (bicyclic) bond motifs is 1. The van der Waals surface area contributed by atoms with Gasteiger partial charge < -0.3 is 41.2 Å². The third-order valence-corrected chi connectivity index (χ3v) is 9.30. The zero-order chi connectivity index (χ0) is 29.5. The summed E-state index contributed by atoms with van der Waals surface area (Å²) in [5, 5.41) is 23.6. The number of rotatable bonds is 16. The highest BCUT2D eigenvalue weighted by atomic mass is 32.2. The van der Waals surface area contributed by atoms with Crippen LogP contribution in [-0.4, -0.2) is 97.7 Å². The molecule has 5 amide bonds. The molecule has 3 rings (SSSR count). The lowest BCUT2D eigenvalue weighted by Gasteiger charge is -2.31. The number of unbranched alkanes of at least 4 members (excludes halogenated alkanes) is 1. The van der Waals surface area contributed by atoms with E-state index in [1.165, 1.54) is 0 Å². The highest BCUT2D eigenvalue weighted by molar-refractivity contribution is 8.00. The topological polar surface area (TPSA) is 167 Å². The van der Waals surface area contributed by atoms with E-state index in [1.807, 2.05) is 30.8 Å². The normalized spacial score (nSPS) is 27.9. The molecule has 0 saturated carbocycles. The number of carbonyl (C=O) groups excluding carboxylic acids is 4. The summed E-state index contributed by atoms with van der Waals surface area (Å²) in [6.45, 7) is 3.67. The van der Waals surface area contributed by atoms with Crippen molar-refractivity contribution < 1.29 is 33.8 Å². The van der Waals surface area contributed by atoms with Crippen molar-refractivity contribution in [1.29, 1.82) is 0 Å². The van der Waals surface area contributed by atoms with Crippen molar-refractivity contribution in [3.8, 4) is 0 Å². The molecule has 232 valence electrons. The molecule has 0 radical (unpaired) electrons. The third-order valence-electron chi connectivity index (χ3n) is 7.79. The van der Waals surface area contributed by atoms with Gasteiger partial charge in [0.15, 0.2) is 0 Å². The number of hydrogen-bond donors (Lipinski definition) is 6. The van der Waals surface area contributed by atoms with Crippen LogP contribution in [0.4, 0.5) is 9.59 Å². The quantitative estimate of drug-likeness (QED) is 0.0886. The van der Waals surface area contributed by atoms with E-state index in [2.05, 4.69) is 26.6 Å². The van der Waals surface area contributed by atoms with Crippen molar-refractivity contribution >= 4 is 35.7 Å². The summed E-state index contributed by atoms with van der Waals surface area (Å²) in [4.78, 5) is 48.8. The molecule has 6 N–H and O–H groups in total. The van der Waals surface area contributed by atoms with Gasteiger partial charge in [-0.1, -0.05) is 19.4 Å². The minimum atomic E-state index is -0.570. The molecule has 2 fully saturated rings. The number of ether oxygens (including phenoxy) is 2. The molecule has 5 unspecified atom stereocenters. The first-order valence-electron chi connectivity index (χ1n) is 14.8. The number of urea groups is 1. The monoisotopic (exact) mass is 597 g/mol. The van der Waals surface area contributed by atoms with Crippen LogP contribution in [0.25, 0.3) is 0 Å². The van der Waals surface area contributed by atoms with Crippen LogP contribution in [0.3, 0.4) is 0 Å². The lowest BCUT2D eigenvalue weighted by molar-refractivity contribution is -0.131. The van der Waals surface area contributed by atoms with Gasteiger partial charge in [0.05, 0.1) is 31.9 Å². The molecule has 0 aromatic heterocycles. The van der Waals surface area contributed by atoms with Gasteiger partial charge in [0.25, 0.3) is 0 Å². The maximum absolute atomic E-state index is 13.0. The molecule has 2 saturated heterocycles. The first-order chi connectivity index (χ1) is 19.8. The van der Waals surface area contributed by atoms with E-state index in [1.54, 1.807) is 0 Å². The lowest BCUT2D eigenvalue weighted by atomic mass is 9.78. The summed E-state index contributed by atoms with van der Waals surface area (Å²) in [5.74, 6) is 0.943. The van der Waals surface area contributed by atoms with Crippen molar-refractivity contribution in [2.24, 2.45) is 5.41 Å². The first kappa shape index (κ1) is 33.0. The second-order valence-electron chi connectivity index (χ2n) is 11.1. The molecule has 12 nitrogen and oxygen atoms in total. The summed E-state index contributed by atoms with van der Waals surface area (Å²) >= 11 is 1.89. The molecule has 2 aliphatic heterocycles. The molecule has 5 atom stereocenters. The second-order valence-corrected chi connectivity index (χ2v) is 12.4. The Morgan fingerprint density at radius 3 is 2.73 bits per heavy atom. The van der Waals surface area contributed by atoms with Crippen LogP contribution in [0.5, 0.6) is 0 Å². The van der Waals surface area contributed by atoms with Crippen molar-refractivity contribution in [1.82, 2.24) is 26.6 Å². The predicted octanol–water partition coefficient (Wildman–Crippen LogP) is 1.57. The van der Waals surface area contributed by atoms with Gasteiger partial charge in [0.2, 0.25) is 11.8 Å². The van der Waals surface area contributed by atoms with Gasteiger partial charge >= 0.3 is 12.1 Å². The molecular formula is C28H47N5O7S. The summed E-state index contributed by atoms with van der Waals surface area (Å²) in [6.07, 6.45) is 9.30. The summed E-state index contributed by atoms with van der Waals surface area (Å²) < 4.78 is 10.6. The number of aliphatic hydroxyl groups excluding tert-OH is 1. The fourth-order valence-electron chi connectivity index (χ4n) is 5.32. The van der Waals surface area contributed by atoms with Crippen LogP contribution in [-0.2, 0) is 19.1 Å². The van der Waals surface area contributed by atoms with E-state index in [0.717, 1.165) is 25.0 Å². The van der Waals surface area contributed by atoms with Crippen LogP contribution in [0.2, 0.25) is 0 Å². The molecule has 0 aromatic rings. The average Bonchev–Trinajstić information content (AvgIpc) is 3.49. The smallest absolute Gasteiger partial charge is 0.407 e. The van der Waals surface area contributed by atoms with Crippen molar-refractivity contribution in [3.05, 3.63) is 12.2 Å². The second kappa shape index (κ2) is 17.4. The van der Waals surface area contributed by atoms with E-state index in [0.29, 0.717) is 63.5 Å². The Hall–Kier alpha value is -2.51. The largest absolute Gasteiger partial charge is 0.442 e. The van der Waals surface area contributed by atoms with Gasteiger partial charge in [0.1, 0.15) is 6.10 Å². The van der Waals surface area contributed by atoms with E-state index in [4.69, 9.17) is 14.6 Å². The summed E-state index contributed by atoms with van der Waals surface area (Å²) in [7, 11) is 0. The van der Waals surface area contributed by atoms with Gasteiger partial charge in [-0.05, 0) is 51.0 Å². The van der Waals surface area contributed by atoms with Crippen molar-refractivity contribution in [2.45, 2.75) is 88.1 Å². The average molecular weight is 598 g/mol. The Balaban J connectivity index is 1.23. The van der Waals surface area contributed by atoms with E-state index in [-0.39, 0.29) is 49.7 Å². The standard InChI is InChI=1S/C28H47N5O7S/c1-28(11-5-4-7-20(10-12-28)40-27(38)31-15-17-39-18-16-34)25(36)30-14-6-13-29-23(35)9-3-2-8-22-24-21(19-41-22)32-26(37)33-24/h4,7,20-22,24,34H,2-3,5-6,8-19H2,1H3,(H,29,35)(H,30,36)(H,31,38)(H2,32,33,37)/b7-4+. The Bertz CT molecular complexity index is 907. The van der Waals surface area contributed by atoms with Crippen LogP contribution < -0.4 is 26.6 Å². The maximum atomic E-state index is 13.0. The number of aliphatic hydroxyl groups is 1. The van der Waals surface area contributed by atoms with E-state index in [9.17, 15) is 19.2 Å².